The Labute approximate surface area is 208 Å². The maximum absolute atomic E-state index is 13.0. The van der Waals surface area contributed by atoms with Gasteiger partial charge in [-0.05, 0) is 48.2 Å². The zero-order chi connectivity index (χ0) is 25.7. The quantitative estimate of drug-likeness (QED) is 0.405. The molecule has 10 nitrogen and oxygen atoms in total. The van der Waals surface area contributed by atoms with E-state index in [9.17, 15) is 19.2 Å². The highest BCUT2D eigenvalue weighted by molar-refractivity contribution is 6.35. The van der Waals surface area contributed by atoms with Crippen LogP contribution in [0.15, 0.2) is 48.5 Å². The average molecular weight is 497 g/mol. The van der Waals surface area contributed by atoms with E-state index in [1.807, 2.05) is 0 Å². The fourth-order valence-corrected chi connectivity index (χ4v) is 4.44. The smallest absolute Gasteiger partial charge is 0.338 e. The highest BCUT2D eigenvalue weighted by atomic mass is 16.7. The van der Waals surface area contributed by atoms with Crippen LogP contribution in [-0.2, 0) is 42.0 Å². The number of methoxy groups -OCH3 is 2. The van der Waals surface area contributed by atoms with Gasteiger partial charge in [-0.3, -0.25) is 19.3 Å². The summed E-state index contributed by atoms with van der Waals surface area (Å²) in [6.45, 7) is 0.133. The molecule has 4 rings (SSSR count). The molecular formula is C26H28N2O8. The molecule has 1 aliphatic heterocycles. The molecule has 1 heterocycles. The van der Waals surface area contributed by atoms with Crippen molar-refractivity contribution in [2.45, 2.75) is 51.0 Å². The van der Waals surface area contributed by atoms with Gasteiger partial charge in [0.1, 0.15) is 13.2 Å². The van der Waals surface area contributed by atoms with Crippen molar-refractivity contribution in [3.05, 3.63) is 70.8 Å². The van der Waals surface area contributed by atoms with Gasteiger partial charge in [0.2, 0.25) is 0 Å². The first-order valence-electron chi connectivity index (χ1n) is 11.7. The summed E-state index contributed by atoms with van der Waals surface area (Å²) in [6, 6.07) is 12.6. The second kappa shape index (κ2) is 11.3. The normalized spacial score (nSPS) is 19.6. The Kier molecular flexibility index (Phi) is 7.97. The molecule has 2 amide bonds. The van der Waals surface area contributed by atoms with Crippen molar-refractivity contribution in [2.75, 3.05) is 14.2 Å². The lowest BCUT2D eigenvalue weighted by Gasteiger charge is -2.46. The topological polar surface area (TPSA) is 112 Å². The molecule has 0 N–H and O–H groups in total. The predicted octanol–water partition coefficient (Wildman–Crippen LogP) is 2.81. The van der Waals surface area contributed by atoms with E-state index in [-0.39, 0.29) is 25.3 Å². The summed E-state index contributed by atoms with van der Waals surface area (Å²) >= 11 is 0. The zero-order valence-corrected chi connectivity index (χ0v) is 20.2. The highest BCUT2D eigenvalue weighted by Crippen LogP contribution is 2.32. The van der Waals surface area contributed by atoms with Gasteiger partial charge in [-0.15, -0.1) is 0 Å². The summed E-state index contributed by atoms with van der Waals surface area (Å²) in [5.74, 6) is -2.46. The average Bonchev–Trinajstić information content (AvgIpc) is 2.93. The van der Waals surface area contributed by atoms with Crippen LogP contribution in [0.3, 0.4) is 0 Å². The Bertz CT molecular complexity index is 1030. The lowest BCUT2D eigenvalue weighted by molar-refractivity contribution is -0.270. The van der Waals surface area contributed by atoms with Gasteiger partial charge in [0.05, 0.1) is 37.4 Å². The summed E-state index contributed by atoms with van der Waals surface area (Å²) < 4.78 is 9.40. The lowest BCUT2D eigenvalue weighted by atomic mass is 9.88. The van der Waals surface area contributed by atoms with E-state index in [0.717, 1.165) is 24.0 Å². The largest absolute Gasteiger partial charge is 0.465 e. The van der Waals surface area contributed by atoms with Gasteiger partial charge >= 0.3 is 23.8 Å². The van der Waals surface area contributed by atoms with Crippen LogP contribution in [0.4, 0.5) is 0 Å². The molecule has 0 bridgehead atoms. The molecule has 190 valence electrons. The fraction of sp³-hybridized carbons (Fsp3) is 0.385. The minimum atomic E-state index is -0.787. The Morgan fingerprint density at radius 3 is 1.39 bits per heavy atom. The summed E-state index contributed by atoms with van der Waals surface area (Å²) in [4.78, 5) is 60.8. The predicted molar refractivity (Wildman–Crippen MR) is 125 cm³/mol. The minimum Gasteiger partial charge on any atom is -0.465 e. The second-order valence-corrected chi connectivity index (χ2v) is 8.60. The number of carbonyl (C=O) groups is 4. The van der Waals surface area contributed by atoms with Crippen LogP contribution in [0.2, 0.25) is 0 Å². The number of piperazine rings is 1. The molecule has 2 atom stereocenters. The number of ether oxygens (including phenoxy) is 2. The molecule has 36 heavy (non-hydrogen) atoms. The van der Waals surface area contributed by atoms with Crippen LogP contribution in [0.1, 0.15) is 57.5 Å². The van der Waals surface area contributed by atoms with Gasteiger partial charge in [0, 0.05) is 0 Å². The van der Waals surface area contributed by atoms with Gasteiger partial charge in [0.15, 0.2) is 0 Å². The number of carbonyl (C=O) groups excluding carboxylic acids is 4. The standard InChI is InChI=1S/C26H28N2O8/c1-33-25(31)19-11-7-17(8-12-19)15-35-27-21-5-3-4-6-22(21)28(24(30)23(27)29)36-16-18-9-13-20(14-10-18)26(32)34-2/h7-14,21-22H,3-6,15-16H2,1-2H3/t21-,22+. The molecule has 0 radical (unpaired) electrons. The SMILES string of the molecule is COC(=O)c1ccc(CON2C(=O)C(=O)N(OCc3ccc(C(=O)OC)cc3)[C@H]3CCCC[C@H]32)cc1. The molecule has 2 aliphatic rings. The number of hydrogen-bond acceptors (Lipinski definition) is 8. The number of rotatable bonds is 8. The van der Waals surface area contributed by atoms with E-state index in [2.05, 4.69) is 0 Å². The Morgan fingerprint density at radius 1 is 0.694 bits per heavy atom. The van der Waals surface area contributed by atoms with Crippen LogP contribution in [0.5, 0.6) is 0 Å². The number of amides is 2. The molecule has 2 aromatic carbocycles. The first-order chi connectivity index (χ1) is 17.4. The number of fused-ring (bicyclic) bond motifs is 1. The Morgan fingerprint density at radius 2 is 1.06 bits per heavy atom. The van der Waals surface area contributed by atoms with E-state index >= 15 is 0 Å². The van der Waals surface area contributed by atoms with Crippen molar-refractivity contribution in [3.63, 3.8) is 0 Å². The maximum Gasteiger partial charge on any atom is 0.338 e. The molecule has 0 spiro atoms. The highest BCUT2D eigenvalue weighted by Gasteiger charge is 2.49. The number of esters is 2. The summed E-state index contributed by atoms with van der Waals surface area (Å²) in [5.41, 5.74) is 2.30. The van der Waals surface area contributed by atoms with Crippen molar-refractivity contribution in [2.24, 2.45) is 0 Å². The van der Waals surface area contributed by atoms with Crippen LogP contribution < -0.4 is 0 Å². The number of benzene rings is 2. The van der Waals surface area contributed by atoms with Gasteiger partial charge in [0.25, 0.3) is 0 Å². The third kappa shape index (κ3) is 5.39. The van der Waals surface area contributed by atoms with E-state index in [0.29, 0.717) is 24.0 Å². The molecule has 1 saturated heterocycles. The molecular weight excluding hydrogens is 468 g/mol. The number of hydroxylamine groups is 4. The molecule has 1 aliphatic carbocycles. The molecule has 0 aromatic heterocycles. The Hall–Kier alpha value is -3.76. The number of hydrogen-bond donors (Lipinski definition) is 0. The van der Waals surface area contributed by atoms with E-state index in [1.54, 1.807) is 48.5 Å². The van der Waals surface area contributed by atoms with Crippen LogP contribution >= 0.6 is 0 Å². The van der Waals surface area contributed by atoms with E-state index in [1.165, 1.54) is 24.3 Å². The molecule has 0 unspecified atom stereocenters. The monoisotopic (exact) mass is 496 g/mol. The van der Waals surface area contributed by atoms with Gasteiger partial charge in [-0.1, -0.05) is 37.1 Å². The zero-order valence-electron chi connectivity index (χ0n) is 20.2. The van der Waals surface area contributed by atoms with Crippen molar-refractivity contribution < 1.29 is 38.3 Å². The minimum absolute atomic E-state index is 0.0666. The van der Waals surface area contributed by atoms with E-state index < -0.39 is 23.8 Å². The summed E-state index contributed by atoms with van der Waals surface area (Å²) in [6.07, 6.45) is 3.16. The fourth-order valence-electron chi connectivity index (χ4n) is 4.44. The number of nitrogens with zero attached hydrogens (tertiary/aromatic N) is 2. The molecule has 10 heteroatoms. The first kappa shape index (κ1) is 25.3. The van der Waals surface area contributed by atoms with Crippen LogP contribution in [0, 0.1) is 0 Å². The van der Waals surface area contributed by atoms with Crippen molar-refractivity contribution >= 4 is 23.8 Å². The summed E-state index contributed by atoms with van der Waals surface area (Å²) in [5, 5.41) is 2.37. The van der Waals surface area contributed by atoms with E-state index in [4.69, 9.17) is 19.1 Å². The van der Waals surface area contributed by atoms with Gasteiger partial charge in [-0.2, -0.15) is 0 Å². The molecule has 1 saturated carbocycles. The van der Waals surface area contributed by atoms with Crippen molar-refractivity contribution in [1.82, 2.24) is 10.1 Å². The lowest BCUT2D eigenvalue weighted by Crippen LogP contribution is -2.65. The van der Waals surface area contributed by atoms with Gasteiger partial charge in [-0.25, -0.2) is 19.7 Å². The van der Waals surface area contributed by atoms with Gasteiger partial charge < -0.3 is 9.47 Å². The maximum atomic E-state index is 13.0. The van der Waals surface area contributed by atoms with Crippen LogP contribution in [-0.4, -0.2) is 60.2 Å². The Balaban J connectivity index is 1.41. The summed E-state index contributed by atoms with van der Waals surface area (Å²) in [7, 11) is 2.62. The van der Waals surface area contributed by atoms with Crippen molar-refractivity contribution in [3.8, 4) is 0 Å². The second-order valence-electron chi connectivity index (χ2n) is 8.60. The third-order valence-corrected chi connectivity index (χ3v) is 6.37. The van der Waals surface area contributed by atoms with Crippen LogP contribution in [0.25, 0.3) is 0 Å². The first-order valence-corrected chi connectivity index (χ1v) is 11.7. The van der Waals surface area contributed by atoms with Crippen molar-refractivity contribution in [1.29, 1.82) is 0 Å². The molecule has 2 fully saturated rings. The molecule has 2 aromatic rings. The third-order valence-electron chi connectivity index (χ3n) is 6.37.